The van der Waals surface area contributed by atoms with Gasteiger partial charge in [0.2, 0.25) is 0 Å². The van der Waals surface area contributed by atoms with Crippen LogP contribution in [-0.4, -0.2) is 10.4 Å². The molecule has 0 bridgehead atoms. The summed E-state index contributed by atoms with van der Waals surface area (Å²) < 4.78 is 2.44. The van der Waals surface area contributed by atoms with Crippen molar-refractivity contribution in [3.8, 4) is 0 Å². The summed E-state index contributed by atoms with van der Waals surface area (Å²) in [4.78, 5) is 12.3. The van der Waals surface area contributed by atoms with Crippen molar-refractivity contribution < 1.29 is 4.79 Å². The highest BCUT2D eigenvalue weighted by atomic mass is 16.1. The van der Waals surface area contributed by atoms with Crippen molar-refractivity contribution in [1.82, 2.24) is 4.57 Å². The Kier molecular flexibility index (Phi) is 3.11. The van der Waals surface area contributed by atoms with Gasteiger partial charge < -0.3 is 4.57 Å². The Hall–Kier alpha value is -1.05. The number of hydrogen-bond donors (Lipinski definition) is 0. The van der Waals surface area contributed by atoms with Gasteiger partial charge in [0.15, 0.2) is 5.78 Å². The fourth-order valence-electron chi connectivity index (χ4n) is 4.20. The number of nitrogens with zero attached hydrogens (tertiary/aromatic N) is 1. The SMILES string of the molecule is CC1(C)CC(=O)c2ccn(C3CCCC(C)(C)C3)c2C1. The van der Waals surface area contributed by atoms with Gasteiger partial charge in [-0.25, -0.2) is 0 Å². The molecule has 0 spiro atoms. The van der Waals surface area contributed by atoms with E-state index in [9.17, 15) is 4.79 Å². The summed E-state index contributed by atoms with van der Waals surface area (Å²) in [6.07, 6.45) is 9.05. The van der Waals surface area contributed by atoms with Gasteiger partial charge in [-0.05, 0) is 42.6 Å². The molecule has 20 heavy (non-hydrogen) atoms. The van der Waals surface area contributed by atoms with Gasteiger partial charge in [-0.2, -0.15) is 0 Å². The van der Waals surface area contributed by atoms with Crippen LogP contribution < -0.4 is 0 Å². The number of Topliss-reactive ketones (excluding diaryl/α,β-unsaturated/α-hetero) is 1. The molecule has 1 aromatic rings. The van der Waals surface area contributed by atoms with E-state index in [0.717, 1.165) is 12.0 Å². The molecule has 0 amide bonds. The van der Waals surface area contributed by atoms with Gasteiger partial charge in [0.05, 0.1) is 0 Å². The Balaban J connectivity index is 1.95. The Morgan fingerprint density at radius 2 is 1.90 bits per heavy atom. The summed E-state index contributed by atoms with van der Waals surface area (Å²) in [6.45, 7) is 9.19. The van der Waals surface area contributed by atoms with Crippen LogP contribution in [0.2, 0.25) is 0 Å². The van der Waals surface area contributed by atoms with Crippen LogP contribution in [0.5, 0.6) is 0 Å². The lowest BCUT2D eigenvalue weighted by atomic mass is 9.74. The fraction of sp³-hybridized carbons (Fsp3) is 0.722. The van der Waals surface area contributed by atoms with Crippen LogP contribution in [0.25, 0.3) is 0 Å². The molecule has 3 rings (SSSR count). The highest BCUT2D eigenvalue weighted by Gasteiger charge is 2.36. The normalized spacial score (nSPS) is 28.2. The predicted octanol–water partition coefficient (Wildman–Crippen LogP) is 4.78. The molecular weight excluding hydrogens is 246 g/mol. The minimum Gasteiger partial charge on any atom is -0.348 e. The van der Waals surface area contributed by atoms with Gasteiger partial charge >= 0.3 is 0 Å². The van der Waals surface area contributed by atoms with Crippen LogP contribution in [0.1, 0.15) is 81.9 Å². The van der Waals surface area contributed by atoms with Gasteiger partial charge in [-0.1, -0.05) is 34.1 Å². The molecule has 1 heterocycles. The molecule has 2 nitrogen and oxygen atoms in total. The zero-order chi connectivity index (χ0) is 14.5. The van der Waals surface area contributed by atoms with Crippen LogP contribution >= 0.6 is 0 Å². The smallest absolute Gasteiger partial charge is 0.165 e. The molecule has 0 saturated heterocycles. The van der Waals surface area contributed by atoms with E-state index in [2.05, 4.69) is 44.5 Å². The molecule has 2 aliphatic rings. The highest BCUT2D eigenvalue weighted by Crippen LogP contribution is 2.43. The molecule has 1 unspecified atom stereocenters. The lowest BCUT2D eigenvalue weighted by Crippen LogP contribution is -2.31. The standard InChI is InChI=1S/C18H27NO/c1-17(2)8-5-6-13(10-17)19-9-7-14-15(19)11-18(3,4)12-16(14)20/h7,9,13H,5-6,8,10-12H2,1-4H3. The van der Waals surface area contributed by atoms with Gasteiger partial charge in [-0.3, -0.25) is 4.79 Å². The molecule has 0 aromatic carbocycles. The van der Waals surface area contributed by atoms with Crippen molar-refractivity contribution in [3.05, 3.63) is 23.5 Å². The molecule has 1 fully saturated rings. The number of rotatable bonds is 1. The summed E-state index contributed by atoms with van der Waals surface area (Å²) in [5, 5.41) is 0. The first-order valence-electron chi connectivity index (χ1n) is 8.00. The number of ketones is 1. The van der Waals surface area contributed by atoms with Crippen molar-refractivity contribution in [3.63, 3.8) is 0 Å². The first-order valence-corrected chi connectivity index (χ1v) is 8.00. The van der Waals surface area contributed by atoms with E-state index >= 15 is 0 Å². The molecule has 110 valence electrons. The van der Waals surface area contributed by atoms with E-state index in [0.29, 0.717) is 23.7 Å². The van der Waals surface area contributed by atoms with Crippen molar-refractivity contribution in [2.45, 2.75) is 72.3 Å². The monoisotopic (exact) mass is 273 g/mol. The molecule has 1 aromatic heterocycles. The van der Waals surface area contributed by atoms with Crippen molar-refractivity contribution in [2.75, 3.05) is 0 Å². The average Bonchev–Trinajstić information content (AvgIpc) is 2.69. The number of carbonyl (C=O) groups is 1. The van der Waals surface area contributed by atoms with Crippen molar-refractivity contribution >= 4 is 5.78 Å². The van der Waals surface area contributed by atoms with E-state index in [1.165, 1.54) is 31.4 Å². The third-order valence-electron chi connectivity index (χ3n) is 5.18. The van der Waals surface area contributed by atoms with E-state index in [1.807, 2.05) is 0 Å². The predicted molar refractivity (Wildman–Crippen MR) is 82.2 cm³/mol. The number of fused-ring (bicyclic) bond motifs is 1. The molecule has 2 heteroatoms. The Morgan fingerprint density at radius 1 is 1.15 bits per heavy atom. The molecule has 0 N–H and O–H groups in total. The number of hydrogen-bond acceptors (Lipinski definition) is 1. The van der Waals surface area contributed by atoms with Crippen LogP contribution in [0, 0.1) is 10.8 Å². The van der Waals surface area contributed by atoms with Gasteiger partial charge in [0.1, 0.15) is 0 Å². The second kappa shape index (κ2) is 4.47. The van der Waals surface area contributed by atoms with E-state index in [4.69, 9.17) is 0 Å². The number of carbonyl (C=O) groups excluding carboxylic acids is 1. The zero-order valence-electron chi connectivity index (χ0n) is 13.3. The van der Waals surface area contributed by atoms with Crippen LogP contribution in [0.4, 0.5) is 0 Å². The fourth-order valence-corrected chi connectivity index (χ4v) is 4.20. The molecule has 0 radical (unpaired) electrons. The Labute approximate surface area is 122 Å². The highest BCUT2D eigenvalue weighted by molar-refractivity contribution is 5.98. The van der Waals surface area contributed by atoms with E-state index in [-0.39, 0.29) is 5.41 Å². The second-order valence-electron chi connectivity index (χ2n) is 8.44. The van der Waals surface area contributed by atoms with Crippen LogP contribution in [0.15, 0.2) is 12.3 Å². The summed E-state index contributed by atoms with van der Waals surface area (Å²) in [5.41, 5.74) is 2.85. The molecule has 2 aliphatic carbocycles. The second-order valence-corrected chi connectivity index (χ2v) is 8.44. The lowest BCUT2D eigenvalue weighted by Gasteiger charge is -2.38. The Bertz CT molecular complexity index is 536. The number of aromatic nitrogens is 1. The van der Waals surface area contributed by atoms with Crippen LogP contribution in [-0.2, 0) is 6.42 Å². The minimum absolute atomic E-state index is 0.115. The zero-order valence-corrected chi connectivity index (χ0v) is 13.3. The summed E-state index contributed by atoms with van der Waals surface area (Å²) in [5.74, 6) is 0.338. The molecule has 1 atom stereocenters. The van der Waals surface area contributed by atoms with E-state index < -0.39 is 0 Å². The summed E-state index contributed by atoms with van der Waals surface area (Å²) in [6, 6.07) is 2.65. The maximum absolute atomic E-state index is 12.3. The van der Waals surface area contributed by atoms with Gasteiger partial charge in [0.25, 0.3) is 0 Å². The molecule has 0 aliphatic heterocycles. The quantitative estimate of drug-likeness (QED) is 0.721. The lowest BCUT2D eigenvalue weighted by molar-refractivity contribution is 0.0907. The maximum atomic E-state index is 12.3. The largest absolute Gasteiger partial charge is 0.348 e. The first-order chi connectivity index (χ1) is 9.27. The van der Waals surface area contributed by atoms with Crippen molar-refractivity contribution in [2.24, 2.45) is 10.8 Å². The first kappa shape index (κ1) is 13.9. The topological polar surface area (TPSA) is 22.0 Å². The van der Waals surface area contributed by atoms with Crippen LogP contribution in [0.3, 0.4) is 0 Å². The molecular formula is C18H27NO. The molecule has 1 saturated carbocycles. The summed E-state index contributed by atoms with van der Waals surface area (Å²) >= 11 is 0. The average molecular weight is 273 g/mol. The van der Waals surface area contributed by atoms with E-state index in [1.54, 1.807) is 0 Å². The summed E-state index contributed by atoms with van der Waals surface area (Å²) in [7, 11) is 0. The third kappa shape index (κ3) is 2.45. The van der Waals surface area contributed by atoms with Gasteiger partial charge in [-0.15, -0.1) is 0 Å². The van der Waals surface area contributed by atoms with Gasteiger partial charge in [0, 0.05) is 29.9 Å². The third-order valence-corrected chi connectivity index (χ3v) is 5.18. The minimum atomic E-state index is 0.115. The maximum Gasteiger partial charge on any atom is 0.165 e. The Morgan fingerprint density at radius 3 is 2.60 bits per heavy atom. The van der Waals surface area contributed by atoms with Crippen molar-refractivity contribution in [1.29, 1.82) is 0 Å².